The van der Waals surface area contributed by atoms with Crippen molar-refractivity contribution in [3.8, 4) is 0 Å². The summed E-state index contributed by atoms with van der Waals surface area (Å²) in [5.74, 6) is 0.318. The molecule has 0 aromatic rings. The van der Waals surface area contributed by atoms with Gasteiger partial charge in [0.2, 0.25) is 10.0 Å². The Labute approximate surface area is 151 Å². The summed E-state index contributed by atoms with van der Waals surface area (Å²) in [5.41, 5.74) is 5.68. The van der Waals surface area contributed by atoms with Crippen LogP contribution in [0, 0.1) is 0 Å². The molecule has 2 atom stereocenters. The van der Waals surface area contributed by atoms with Crippen molar-refractivity contribution in [2.45, 2.75) is 45.8 Å². The second-order valence-electron chi connectivity index (χ2n) is 5.44. The minimum absolute atomic E-state index is 0. The third kappa shape index (κ3) is 7.93. The van der Waals surface area contributed by atoms with Crippen LogP contribution in [-0.2, 0) is 14.8 Å². The average Bonchev–Trinajstić information content (AvgIpc) is 2.37. The molecular weight excluding hydrogens is 419 g/mol. The lowest BCUT2D eigenvalue weighted by molar-refractivity contribution is -0.0440. The molecule has 1 aliphatic rings. The summed E-state index contributed by atoms with van der Waals surface area (Å²) in [7, 11) is -3.29. The van der Waals surface area contributed by atoms with Crippen molar-refractivity contribution in [2.75, 3.05) is 31.9 Å². The zero-order valence-electron chi connectivity index (χ0n) is 13.6. The zero-order chi connectivity index (χ0) is 15.9. The van der Waals surface area contributed by atoms with Crippen LogP contribution in [0.3, 0.4) is 0 Å². The van der Waals surface area contributed by atoms with E-state index in [0.717, 1.165) is 12.8 Å². The minimum Gasteiger partial charge on any atom is -0.373 e. The Morgan fingerprint density at radius 1 is 1.36 bits per heavy atom. The Bertz CT molecular complexity index is 435. The van der Waals surface area contributed by atoms with Gasteiger partial charge in [-0.15, -0.1) is 24.0 Å². The van der Waals surface area contributed by atoms with Gasteiger partial charge in [-0.05, 0) is 20.3 Å². The summed E-state index contributed by atoms with van der Waals surface area (Å²) in [4.78, 5) is 4.12. The molecule has 2 unspecified atom stereocenters. The number of sulfonamides is 1. The SMILES string of the molecule is CCCCN=C(N)NCCS(=O)(=O)N1CC(C)OC(C)C1.I. The summed E-state index contributed by atoms with van der Waals surface area (Å²) in [6, 6.07) is 0. The molecule has 0 bridgehead atoms. The predicted molar refractivity (Wildman–Crippen MR) is 100 cm³/mol. The van der Waals surface area contributed by atoms with Gasteiger partial charge in [0.05, 0.1) is 18.0 Å². The molecule has 0 saturated carbocycles. The number of nitrogens with one attached hydrogen (secondary N) is 1. The Hall–Kier alpha value is -0.130. The van der Waals surface area contributed by atoms with E-state index in [-0.39, 0.29) is 48.5 Å². The van der Waals surface area contributed by atoms with Gasteiger partial charge >= 0.3 is 0 Å². The lowest BCUT2D eigenvalue weighted by Gasteiger charge is -2.34. The minimum atomic E-state index is -3.29. The molecule has 0 aliphatic carbocycles. The molecule has 1 heterocycles. The molecule has 1 saturated heterocycles. The number of halogens is 1. The molecule has 0 amide bonds. The first-order valence-corrected chi connectivity index (χ1v) is 9.13. The summed E-state index contributed by atoms with van der Waals surface area (Å²) in [5, 5.41) is 2.85. The topological polar surface area (TPSA) is 97.0 Å². The fraction of sp³-hybridized carbons (Fsp3) is 0.923. The third-order valence-corrected chi connectivity index (χ3v) is 5.04. The van der Waals surface area contributed by atoms with Gasteiger partial charge in [-0.1, -0.05) is 13.3 Å². The molecule has 0 aromatic heterocycles. The number of nitrogens with zero attached hydrogens (tertiary/aromatic N) is 2. The number of rotatable bonds is 7. The third-order valence-electron chi connectivity index (χ3n) is 3.24. The number of nitrogens with two attached hydrogens (primary N) is 1. The van der Waals surface area contributed by atoms with Crippen LogP contribution in [0.15, 0.2) is 4.99 Å². The van der Waals surface area contributed by atoms with E-state index in [1.807, 2.05) is 13.8 Å². The van der Waals surface area contributed by atoms with Gasteiger partial charge < -0.3 is 15.8 Å². The second-order valence-corrected chi connectivity index (χ2v) is 7.53. The highest BCUT2D eigenvalue weighted by atomic mass is 127. The average molecular weight is 448 g/mol. The fourth-order valence-electron chi connectivity index (χ4n) is 2.21. The van der Waals surface area contributed by atoms with Gasteiger partial charge in [0, 0.05) is 26.2 Å². The molecule has 0 aromatic carbocycles. The maximum atomic E-state index is 12.3. The van der Waals surface area contributed by atoms with Crippen LogP contribution in [0.1, 0.15) is 33.6 Å². The van der Waals surface area contributed by atoms with Crippen LogP contribution >= 0.6 is 24.0 Å². The molecule has 3 N–H and O–H groups in total. The van der Waals surface area contributed by atoms with Crippen molar-refractivity contribution in [1.29, 1.82) is 0 Å². The van der Waals surface area contributed by atoms with Gasteiger partial charge in [-0.25, -0.2) is 8.42 Å². The van der Waals surface area contributed by atoms with Crippen molar-refractivity contribution < 1.29 is 13.2 Å². The lowest BCUT2D eigenvalue weighted by atomic mass is 10.3. The Kier molecular flexibility index (Phi) is 10.5. The number of unbranched alkanes of at least 4 members (excludes halogenated alkanes) is 1. The highest BCUT2D eigenvalue weighted by molar-refractivity contribution is 14.0. The molecule has 1 rings (SSSR count). The van der Waals surface area contributed by atoms with E-state index >= 15 is 0 Å². The molecule has 7 nitrogen and oxygen atoms in total. The summed E-state index contributed by atoms with van der Waals surface area (Å²) < 4.78 is 31.6. The number of morpholine rings is 1. The van der Waals surface area contributed by atoms with Gasteiger partial charge in [-0.2, -0.15) is 4.31 Å². The van der Waals surface area contributed by atoms with Crippen molar-refractivity contribution in [1.82, 2.24) is 9.62 Å². The number of guanidine groups is 1. The molecule has 9 heteroatoms. The predicted octanol–water partition coefficient (Wildman–Crippen LogP) is 0.748. The second kappa shape index (κ2) is 10.6. The van der Waals surface area contributed by atoms with Crippen molar-refractivity contribution in [3.05, 3.63) is 0 Å². The summed E-state index contributed by atoms with van der Waals surface area (Å²) >= 11 is 0. The van der Waals surface area contributed by atoms with E-state index in [0.29, 0.717) is 25.6 Å². The number of hydrogen-bond acceptors (Lipinski definition) is 4. The van der Waals surface area contributed by atoms with E-state index in [4.69, 9.17) is 10.5 Å². The van der Waals surface area contributed by atoms with Crippen molar-refractivity contribution >= 4 is 40.0 Å². The molecule has 0 radical (unpaired) electrons. The smallest absolute Gasteiger partial charge is 0.216 e. The maximum absolute atomic E-state index is 12.3. The van der Waals surface area contributed by atoms with Crippen LogP contribution in [0.2, 0.25) is 0 Å². The summed E-state index contributed by atoms with van der Waals surface area (Å²) in [6.45, 7) is 7.60. The van der Waals surface area contributed by atoms with Crippen LogP contribution in [-0.4, -0.2) is 62.8 Å². The molecule has 132 valence electrons. The summed E-state index contributed by atoms with van der Waals surface area (Å²) in [6.07, 6.45) is 1.89. The largest absolute Gasteiger partial charge is 0.373 e. The van der Waals surface area contributed by atoms with Crippen molar-refractivity contribution in [3.63, 3.8) is 0 Å². The van der Waals surface area contributed by atoms with Crippen LogP contribution in [0.5, 0.6) is 0 Å². The zero-order valence-corrected chi connectivity index (χ0v) is 16.8. The van der Waals surface area contributed by atoms with E-state index in [1.54, 1.807) is 0 Å². The molecule has 1 aliphatic heterocycles. The van der Waals surface area contributed by atoms with Crippen LogP contribution in [0.4, 0.5) is 0 Å². The Morgan fingerprint density at radius 2 is 1.95 bits per heavy atom. The van der Waals surface area contributed by atoms with Gasteiger partial charge in [0.15, 0.2) is 5.96 Å². The van der Waals surface area contributed by atoms with Gasteiger partial charge in [0.1, 0.15) is 0 Å². The standard InChI is InChI=1S/C13H28N4O3S.HI/c1-4-5-6-15-13(14)16-7-8-21(18,19)17-9-11(2)20-12(3)10-17;/h11-12H,4-10H2,1-3H3,(H3,14,15,16);1H. The highest BCUT2D eigenvalue weighted by Crippen LogP contribution is 2.14. The van der Waals surface area contributed by atoms with Gasteiger partial charge in [-0.3, -0.25) is 4.99 Å². The highest BCUT2D eigenvalue weighted by Gasteiger charge is 2.30. The Balaban J connectivity index is 0.00000441. The van der Waals surface area contributed by atoms with Crippen LogP contribution < -0.4 is 11.1 Å². The first-order valence-electron chi connectivity index (χ1n) is 7.52. The molecule has 0 spiro atoms. The monoisotopic (exact) mass is 448 g/mol. The van der Waals surface area contributed by atoms with E-state index in [2.05, 4.69) is 17.2 Å². The first kappa shape index (κ1) is 21.9. The lowest BCUT2D eigenvalue weighted by Crippen LogP contribution is -2.50. The molecule has 22 heavy (non-hydrogen) atoms. The first-order chi connectivity index (χ1) is 9.85. The van der Waals surface area contributed by atoms with E-state index in [9.17, 15) is 8.42 Å². The fourth-order valence-corrected chi connectivity index (χ4v) is 3.70. The van der Waals surface area contributed by atoms with Crippen molar-refractivity contribution in [2.24, 2.45) is 10.7 Å². The normalized spacial score (nSPS) is 23.9. The Morgan fingerprint density at radius 3 is 2.50 bits per heavy atom. The molecule has 1 fully saturated rings. The number of hydrogen-bond donors (Lipinski definition) is 2. The molecular formula is C13H29IN4O3S. The van der Waals surface area contributed by atoms with E-state index in [1.165, 1.54) is 4.31 Å². The van der Waals surface area contributed by atoms with Crippen LogP contribution in [0.25, 0.3) is 0 Å². The number of aliphatic imine (C=N–C) groups is 1. The van der Waals surface area contributed by atoms with Gasteiger partial charge in [0.25, 0.3) is 0 Å². The number of ether oxygens (including phenoxy) is 1. The maximum Gasteiger partial charge on any atom is 0.216 e. The quantitative estimate of drug-likeness (QED) is 0.259. The van der Waals surface area contributed by atoms with E-state index < -0.39 is 10.0 Å².